The molecule has 1 aliphatic heterocycles. The van der Waals surface area contributed by atoms with Crippen LogP contribution in [0.3, 0.4) is 0 Å². The summed E-state index contributed by atoms with van der Waals surface area (Å²) < 4.78 is 5.99. The normalized spacial score (nSPS) is 15.6. The Morgan fingerprint density at radius 1 is 1.15 bits per heavy atom. The third-order valence-corrected chi connectivity index (χ3v) is 4.75. The van der Waals surface area contributed by atoms with Crippen LogP contribution in [0, 0.1) is 0 Å². The highest BCUT2D eigenvalue weighted by atomic mass is 35.5. The minimum atomic E-state index is -0.719. The van der Waals surface area contributed by atoms with Crippen molar-refractivity contribution in [1.82, 2.24) is 0 Å². The molecule has 4 rings (SSSR count). The van der Waals surface area contributed by atoms with Gasteiger partial charge in [-0.25, -0.2) is 4.79 Å². The van der Waals surface area contributed by atoms with Crippen molar-refractivity contribution in [3.05, 3.63) is 76.0 Å². The molecule has 2 aromatic rings. The number of hydrogen-bond acceptors (Lipinski definition) is 3. The number of hydrogen-bond donors (Lipinski definition) is 2. The number of nitrogens with two attached hydrogens (primary N) is 1. The molecule has 0 atom stereocenters. The minimum Gasteiger partial charge on any atom is -0.457 e. The summed E-state index contributed by atoms with van der Waals surface area (Å²) in [5.74, 6) is 1.36. The Labute approximate surface area is 155 Å². The van der Waals surface area contributed by atoms with Gasteiger partial charge in [0.2, 0.25) is 0 Å². The van der Waals surface area contributed by atoms with E-state index in [1.807, 2.05) is 24.3 Å². The molecule has 0 fully saturated rings. The van der Waals surface area contributed by atoms with Gasteiger partial charge in [0.05, 0.1) is 10.7 Å². The summed E-state index contributed by atoms with van der Waals surface area (Å²) in [4.78, 5) is 24.2. The van der Waals surface area contributed by atoms with Crippen molar-refractivity contribution in [3.8, 4) is 5.75 Å². The van der Waals surface area contributed by atoms with Gasteiger partial charge in [-0.05, 0) is 29.8 Å². The number of nitrogens with one attached hydrogen (secondary N) is 1. The Morgan fingerprint density at radius 3 is 2.77 bits per heavy atom. The van der Waals surface area contributed by atoms with Crippen molar-refractivity contribution in [2.24, 2.45) is 5.73 Å². The molecule has 26 heavy (non-hydrogen) atoms. The van der Waals surface area contributed by atoms with E-state index < -0.39 is 6.03 Å². The van der Waals surface area contributed by atoms with Crippen molar-refractivity contribution >= 4 is 34.7 Å². The number of anilines is 1. The van der Waals surface area contributed by atoms with Gasteiger partial charge in [-0.15, -0.1) is 0 Å². The zero-order valence-electron chi connectivity index (χ0n) is 13.7. The second kappa shape index (κ2) is 6.35. The highest BCUT2D eigenvalue weighted by Crippen LogP contribution is 2.43. The Kier molecular flexibility index (Phi) is 4.01. The molecule has 0 saturated heterocycles. The number of ketones is 1. The third kappa shape index (κ3) is 2.76. The second-order valence-electron chi connectivity index (χ2n) is 6.09. The summed E-state index contributed by atoms with van der Waals surface area (Å²) in [5.41, 5.74) is 8.37. The van der Waals surface area contributed by atoms with E-state index in [9.17, 15) is 9.59 Å². The molecule has 2 amide bonds. The number of benzene rings is 2. The lowest BCUT2D eigenvalue weighted by molar-refractivity contribution is -0.113. The van der Waals surface area contributed by atoms with E-state index in [2.05, 4.69) is 5.32 Å². The standard InChI is InChI=1S/C20H15ClN2O3/c21-13-5-3-6-14(23-20(22)25)19(13)18-12-10-11-4-1-2-7-16(11)26-17(12)9-8-15(18)24/h1-7,9H,8,10H2,(H3,22,23,25). The van der Waals surface area contributed by atoms with Crippen LogP contribution in [0.1, 0.15) is 17.5 Å². The van der Waals surface area contributed by atoms with E-state index >= 15 is 0 Å². The summed E-state index contributed by atoms with van der Waals surface area (Å²) in [6.45, 7) is 0. The van der Waals surface area contributed by atoms with Crippen molar-refractivity contribution in [1.29, 1.82) is 0 Å². The van der Waals surface area contributed by atoms with Gasteiger partial charge in [-0.1, -0.05) is 35.9 Å². The van der Waals surface area contributed by atoms with E-state index in [1.165, 1.54) is 0 Å². The molecule has 2 aromatic carbocycles. The number of halogens is 1. The van der Waals surface area contributed by atoms with Crippen LogP contribution in [-0.2, 0) is 11.2 Å². The number of ether oxygens (including phenoxy) is 1. The number of Topliss-reactive ketones (excluding diaryl/α,β-unsaturated/α-hetero) is 1. The smallest absolute Gasteiger partial charge is 0.316 e. The maximum atomic E-state index is 12.8. The lowest BCUT2D eigenvalue weighted by Gasteiger charge is -2.28. The number of urea groups is 1. The number of carbonyl (C=O) groups is 2. The van der Waals surface area contributed by atoms with Crippen LogP contribution in [0.2, 0.25) is 5.02 Å². The van der Waals surface area contributed by atoms with Crippen LogP contribution in [0.5, 0.6) is 5.75 Å². The molecule has 130 valence electrons. The Hall–Kier alpha value is -3.05. The predicted octanol–water partition coefficient (Wildman–Crippen LogP) is 4.08. The average Bonchev–Trinajstić information content (AvgIpc) is 2.61. The van der Waals surface area contributed by atoms with Crippen LogP contribution in [0.25, 0.3) is 5.57 Å². The first-order chi connectivity index (χ1) is 12.5. The third-order valence-electron chi connectivity index (χ3n) is 4.43. The number of fused-ring (bicyclic) bond motifs is 2. The molecule has 2 aliphatic rings. The van der Waals surface area contributed by atoms with Gasteiger partial charge in [0.15, 0.2) is 5.78 Å². The molecule has 0 aromatic heterocycles. The predicted molar refractivity (Wildman–Crippen MR) is 100 cm³/mol. The quantitative estimate of drug-likeness (QED) is 0.840. The molecular formula is C20H15ClN2O3. The molecule has 1 heterocycles. The maximum absolute atomic E-state index is 12.8. The van der Waals surface area contributed by atoms with Crippen LogP contribution in [0.15, 0.2) is 59.9 Å². The molecule has 6 heteroatoms. The van der Waals surface area contributed by atoms with Gasteiger partial charge in [0, 0.05) is 29.6 Å². The molecule has 5 nitrogen and oxygen atoms in total. The fourth-order valence-corrected chi connectivity index (χ4v) is 3.61. The number of para-hydroxylation sites is 1. The summed E-state index contributed by atoms with van der Waals surface area (Å²) in [6.07, 6.45) is 2.54. The lowest BCUT2D eigenvalue weighted by atomic mass is 9.84. The highest BCUT2D eigenvalue weighted by Gasteiger charge is 2.31. The fraction of sp³-hybridized carbons (Fsp3) is 0.100. The number of carbonyl (C=O) groups excluding carboxylic acids is 2. The fourth-order valence-electron chi connectivity index (χ4n) is 3.34. The van der Waals surface area contributed by atoms with Crippen molar-refractivity contribution in [2.45, 2.75) is 12.8 Å². The number of allylic oxidation sites excluding steroid dienone is 3. The monoisotopic (exact) mass is 366 g/mol. The Bertz CT molecular complexity index is 1010. The van der Waals surface area contributed by atoms with Gasteiger partial charge in [-0.3, -0.25) is 4.79 Å². The van der Waals surface area contributed by atoms with Gasteiger partial charge >= 0.3 is 6.03 Å². The highest BCUT2D eigenvalue weighted by molar-refractivity contribution is 6.37. The van der Waals surface area contributed by atoms with Gasteiger partial charge in [-0.2, -0.15) is 0 Å². The Morgan fingerprint density at radius 2 is 1.96 bits per heavy atom. The molecule has 0 radical (unpaired) electrons. The number of amides is 2. The molecule has 1 aliphatic carbocycles. The second-order valence-corrected chi connectivity index (χ2v) is 6.49. The first-order valence-corrected chi connectivity index (χ1v) is 8.50. The van der Waals surface area contributed by atoms with Gasteiger partial charge in [0.25, 0.3) is 0 Å². The molecule has 0 bridgehead atoms. The maximum Gasteiger partial charge on any atom is 0.316 e. The van der Waals surface area contributed by atoms with Crippen molar-refractivity contribution < 1.29 is 14.3 Å². The van der Waals surface area contributed by atoms with E-state index in [0.29, 0.717) is 34.0 Å². The van der Waals surface area contributed by atoms with Crippen LogP contribution >= 0.6 is 11.6 Å². The molecule has 0 saturated carbocycles. The molecule has 0 unspecified atom stereocenters. The average molecular weight is 367 g/mol. The summed E-state index contributed by atoms with van der Waals surface area (Å²) in [7, 11) is 0. The summed E-state index contributed by atoms with van der Waals surface area (Å²) in [6, 6.07) is 12.0. The van der Waals surface area contributed by atoms with E-state index in [4.69, 9.17) is 22.1 Å². The number of rotatable bonds is 2. The first kappa shape index (κ1) is 16.4. The van der Waals surface area contributed by atoms with E-state index in [-0.39, 0.29) is 12.2 Å². The van der Waals surface area contributed by atoms with E-state index in [1.54, 1.807) is 24.3 Å². The topological polar surface area (TPSA) is 81.4 Å². The largest absolute Gasteiger partial charge is 0.457 e. The Balaban J connectivity index is 1.93. The van der Waals surface area contributed by atoms with Crippen LogP contribution in [0.4, 0.5) is 10.5 Å². The SMILES string of the molecule is NC(=O)Nc1cccc(Cl)c1C1=C2Cc3ccccc3OC2=CCC1=O. The van der Waals surface area contributed by atoms with Gasteiger partial charge < -0.3 is 15.8 Å². The lowest BCUT2D eigenvalue weighted by Crippen LogP contribution is -2.23. The first-order valence-electron chi connectivity index (χ1n) is 8.12. The van der Waals surface area contributed by atoms with Crippen LogP contribution in [-0.4, -0.2) is 11.8 Å². The molecular weight excluding hydrogens is 352 g/mol. The van der Waals surface area contributed by atoms with Gasteiger partial charge in [0.1, 0.15) is 11.5 Å². The van der Waals surface area contributed by atoms with Crippen molar-refractivity contribution in [3.63, 3.8) is 0 Å². The zero-order valence-corrected chi connectivity index (χ0v) is 14.5. The molecule has 0 spiro atoms. The van der Waals surface area contributed by atoms with Crippen LogP contribution < -0.4 is 15.8 Å². The number of primary amides is 1. The summed E-state index contributed by atoms with van der Waals surface area (Å²) in [5, 5.41) is 2.92. The van der Waals surface area contributed by atoms with E-state index in [0.717, 1.165) is 16.9 Å². The van der Waals surface area contributed by atoms with Crippen molar-refractivity contribution in [2.75, 3.05) is 5.32 Å². The summed E-state index contributed by atoms with van der Waals surface area (Å²) >= 11 is 6.40. The molecule has 3 N–H and O–H groups in total. The minimum absolute atomic E-state index is 0.0765. The zero-order chi connectivity index (χ0) is 18.3.